The summed E-state index contributed by atoms with van der Waals surface area (Å²) in [7, 11) is -1.78. The second-order valence-electron chi connectivity index (χ2n) is 12.3. The van der Waals surface area contributed by atoms with Crippen LogP contribution in [0.5, 0.6) is 0 Å². The van der Waals surface area contributed by atoms with Gasteiger partial charge in [-0.3, -0.25) is 4.79 Å². The molecule has 0 aliphatic carbocycles. The number of aliphatic hydroxyl groups excluding tert-OH is 1. The topological polar surface area (TPSA) is 113 Å². The molecule has 0 aliphatic rings. The molecule has 0 heterocycles. The fraction of sp³-hybridized carbons (Fsp3) is 0.974. The van der Waals surface area contributed by atoms with Crippen molar-refractivity contribution in [3.8, 4) is 0 Å². The summed E-state index contributed by atoms with van der Waals surface area (Å²) in [6.45, 7) is 22.6. The standard InChI is InChI=1S/C14H29NO.C13H29O4P.4C3H8/c1-2-3-4-5-6-7-8-9-10-11-12-13-14(15)16;1-2-3-4-5-6-8-13(14)9-11-17-10-7-12-18(15)16;4*1-3-2/h2-13H2,1H3,(H2,15,16);13-16H,2-12H2,1H3;4*3H2,1-2H3. The Morgan fingerprint density at radius 3 is 1.24 bits per heavy atom. The van der Waals surface area contributed by atoms with Gasteiger partial charge in [-0.25, -0.2) is 0 Å². The van der Waals surface area contributed by atoms with Crippen molar-refractivity contribution in [2.45, 2.75) is 229 Å². The number of rotatable bonds is 25. The molecule has 6 nitrogen and oxygen atoms in total. The van der Waals surface area contributed by atoms with Crippen LogP contribution in [0, 0.1) is 0 Å². The Bertz CT molecular complexity index is 448. The lowest BCUT2D eigenvalue weighted by molar-refractivity contribution is -0.118. The van der Waals surface area contributed by atoms with Crippen molar-refractivity contribution in [2.24, 2.45) is 5.73 Å². The summed E-state index contributed by atoms with van der Waals surface area (Å²) in [4.78, 5) is 27.8. The van der Waals surface area contributed by atoms with Gasteiger partial charge < -0.3 is 25.4 Å². The largest absolute Gasteiger partial charge is 0.393 e. The minimum absolute atomic E-state index is 0.157. The van der Waals surface area contributed by atoms with Gasteiger partial charge in [0.05, 0.1) is 6.10 Å². The average Bonchev–Trinajstić information content (AvgIpc) is 2.99. The van der Waals surface area contributed by atoms with E-state index in [4.69, 9.17) is 20.3 Å². The van der Waals surface area contributed by atoms with Gasteiger partial charge in [-0.1, -0.05) is 191 Å². The number of primary amides is 1. The van der Waals surface area contributed by atoms with E-state index in [0.717, 1.165) is 19.3 Å². The Balaban J connectivity index is -0.000000129. The van der Waals surface area contributed by atoms with Crippen LogP contribution in [0.25, 0.3) is 0 Å². The van der Waals surface area contributed by atoms with Crippen molar-refractivity contribution in [3.05, 3.63) is 0 Å². The Labute approximate surface area is 292 Å². The maximum atomic E-state index is 10.5. The smallest absolute Gasteiger partial charge is 0.217 e. The Kier molecular flexibility index (Phi) is 79.9. The van der Waals surface area contributed by atoms with Crippen molar-refractivity contribution in [1.29, 1.82) is 0 Å². The molecule has 0 rings (SSSR count). The molecule has 0 aromatic carbocycles. The van der Waals surface area contributed by atoms with Gasteiger partial charge in [0, 0.05) is 25.8 Å². The zero-order chi connectivity index (χ0) is 36.5. The van der Waals surface area contributed by atoms with E-state index < -0.39 is 8.38 Å². The van der Waals surface area contributed by atoms with Gasteiger partial charge in [0.15, 0.2) is 8.38 Å². The highest BCUT2D eigenvalue weighted by atomic mass is 31.2. The van der Waals surface area contributed by atoms with Gasteiger partial charge in [0.2, 0.25) is 5.91 Å². The zero-order valence-electron chi connectivity index (χ0n) is 33.4. The highest BCUT2D eigenvalue weighted by molar-refractivity contribution is 7.45. The summed E-state index contributed by atoms with van der Waals surface area (Å²) in [6.07, 6.45) is 28.5. The number of carbonyl (C=O) groups excluding carboxylic acids is 1. The van der Waals surface area contributed by atoms with Crippen molar-refractivity contribution in [1.82, 2.24) is 0 Å². The monoisotopic (exact) mass is 684 g/mol. The van der Waals surface area contributed by atoms with Gasteiger partial charge in [-0.05, 0) is 25.7 Å². The quantitative estimate of drug-likeness (QED) is 0.0565. The highest BCUT2D eigenvalue weighted by Crippen LogP contribution is 2.23. The van der Waals surface area contributed by atoms with Crippen molar-refractivity contribution in [2.75, 3.05) is 19.4 Å². The van der Waals surface area contributed by atoms with Gasteiger partial charge in [-0.15, -0.1) is 0 Å². The molecule has 0 bridgehead atoms. The van der Waals surface area contributed by atoms with E-state index in [2.05, 4.69) is 69.2 Å². The Hall–Kier alpha value is -0.260. The molecule has 0 spiro atoms. The van der Waals surface area contributed by atoms with Crippen LogP contribution in [0.3, 0.4) is 0 Å². The van der Waals surface area contributed by atoms with Crippen LogP contribution < -0.4 is 5.73 Å². The second-order valence-corrected chi connectivity index (χ2v) is 13.5. The van der Waals surface area contributed by atoms with Crippen LogP contribution in [0.4, 0.5) is 0 Å². The van der Waals surface area contributed by atoms with Crippen LogP contribution in [-0.2, 0) is 9.53 Å². The molecule has 7 heteroatoms. The molecular formula is C39H90NO5P. The lowest BCUT2D eigenvalue weighted by Crippen LogP contribution is -2.11. The van der Waals surface area contributed by atoms with Crippen LogP contribution in [0.2, 0.25) is 0 Å². The van der Waals surface area contributed by atoms with Gasteiger partial charge >= 0.3 is 0 Å². The van der Waals surface area contributed by atoms with E-state index >= 15 is 0 Å². The predicted molar refractivity (Wildman–Crippen MR) is 210 cm³/mol. The van der Waals surface area contributed by atoms with E-state index in [1.165, 1.54) is 116 Å². The first-order valence-electron chi connectivity index (χ1n) is 19.8. The van der Waals surface area contributed by atoms with Gasteiger partial charge in [-0.2, -0.15) is 0 Å². The molecule has 1 unspecified atom stereocenters. The molecule has 286 valence electrons. The van der Waals surface area contributed by atoms with Crippen LogP contribution in [-0.4, -0.2) is 46.3 Å². The Morgan fingerprint density at radius 1 is 0.543 bits per heavy atom. The minimum Gasteiger partial charge on any atom is -0.393 e. The summed E-state index contributed by atoms with van der Waals surface area (Å²) in [5.41, 5.74) is 5.07. The third-order valence-electron chi connectivity index (χ3n) is 5.91. The molecule has 46 heavy (non-hydrogen) atoms. The SMILES string of the molecule is CCC.CCC.CCC.CCC.CCCCCCCC(O)CCOCCCP(O)O.CCCCCCCCCCCCCC(N)=O. The molecule has 0 radical (unpaired) electrons. The average molecular weight is 684 g/mol. The number of amides is 1. The molecule has 0 aromatic rings. The molecule has 0 aromatic heterocycles. The third kappa shape index (κ3) is 96.7. The molecule has 0 saturated carbocycles. The number of unbranched alkanes of at least 4 members (excludes halogenated alkanes) is 14. The van der Waals surface area contributed by atoms with Crippen molar-refractivity contribution < 1.29 is 24.4 Å². The summed E-state index contributed by atoms with van der Waals surface area (Å²) >= 11 is 0. The van der Waals surface area contributed by atoms with E-state index in [1.54, 1.807) is 0 Å². The normalized spacial score (nSPS) is 10.4. The fourth-order valence-corrected chi connectivity index (χ4v) is 4.13. The van der Waals surface area contributed by atoms with Crippen molar-refractivity contribution >= 4 is 14.3 Å². The van der Waals surface area contributed by atoms with Crippen LogP contribution >= 0.6 is 8.38 Å². The zero-order valence-corrected chi connectivity index (χ0v) is 34.2. The third-order valence-corrected chi connectivity index (χ3v) is 6.63. The predicted octanol–water partition coefficient (Wildman–Crippen LogP) is 12.6. The lowest BCUT2D eigenvalue weighted by atomic mass is 10.1. The highest BCUT2D eigenvalue weighted by Gasteiger charge is 2.04. The molecule has 1 amide bonds. The fourth-order valence-electron chi connectivity index (χ4n) is 3.72. The van der Waals surface area contributed by atoms with Crippen molar-refractivity contribution in [3.63, 3.8) is 0 Å². The molecule has 0 saturated heterocycles. The number of carbonyl (C=O) groups is 1. The molecule has 0 aliphatic heterocycles. The Morgan fingerprint density at radius 2 is 0.891 bits per heavy atom. The maximum Gasteiger partial charge on any atom is 0.217 e. The number of hydrogen-bond donors (Lipinski definition) is 4. The lowest BCUT2D eigenvalue weighted by Gasteiger charge is -2.10. The number of hydrogen-bond acceptors (Lipinski definition) is 5. The van der Waals surface area contributed by atoms with E-state index in [-0.39, 0.29) is 12.0 Å². The molecule has 0 fully saturated rings. The first kappa shape index (κ1) is 58.0. The first-order valence-corrected chi connectivity index (χ1v) is 21.2. The van der Waals surface area contributed by atoms with Crippen LogP contribution in [0.15, 0.2) is 0 Å². The maximum absolute atomic E-state index is 10.5. The summed E-state index contributed by atoms with van der Waals surface area (Å²) in [6, 6.07) is 0. The number of ether oxygens (including phenoxy) is 1. The molecule has 1 atom stereocenters. The first-order chi connectivity index (χ1) is 22.1. The number of aliphatic hydroxyl groups is 1. The molecule has 5 N–H and O–H groups in total. The minimum atomic E-state index is -1.78. The number of nitrogens with two attached hydrogens (primary N) is 1. The second kappa shape index (κ2) is 63.4. The summed E-state index contributed by atoms with van der Waals surface area (Å²) < 4.78 is 5.33. The van der Waals surface area contributed by atoms with Crippen LogP contribution in [0.1, 0.15) is 223 Å². The van der Waals surface area contributed by atoms with Gasteiger partial charge in [0.1, 0.15) is 0 Å². The van der Waals surface area contributed by atoms with E-state index in [1.807, 2.05) is 0 Å². The van der Waals surface area contributed by atoms with Gasteiger partial charge in [0.25, 0.3) is 0 Å². The van der Waals surface area contributed by atoms with E-state index in [0.29, 0.717) is 38.6 Å². The summed E-state index contributed by atoms with van der Waals surface area (Å²) in [5.74, 6) is -0.157. The summed E-state index contributed by atoms with van der Waals surface area (Å²) in [5, 5.41) is 9.69. The molecular weight excluding hydrogens is 593 g/mol. The van der Waals surface area contributed by atoms with E-state index in [9.17, 15) is 9.90 Å².